The largest absolute Gasteiger partial charge is 0.351 e. The Hall–Kier alpha value is -1.99. The zero-order valence-electron chi connectivity index (χ0n) is 8.29. The summed E-state index contributed by atoms with van der Waals surface area (Å²) in [5.74, 6) is 5.85. The minimum Gasteiger partial charge on any atom is -0.351 e. The molecule has 0 spiro atoms. The summed E-state index contributed by atoms with van der Waals surface area (Å²) in [4.78, 5) is 10.6. The summed E-state index contributed by atoms with van der Waals surface area (Å²) < 4.78 is 0. The number of nitrogens with one attached hydrogen (secondary N) is 1. The third kappa shape index (κ3) is 4.16. The highest BCUT2D eigenvalue weighted by Gasteiger charge is 1.95. The Labute approximate surface area is 88.6 Å². The Kier molecular flexibility index (Phi) is 4.20. The smallest absolute Gasteiger partial charge is 0.316 e. The van der Waals surface area contributed by atoms with E-state index < -0.39 is 6.03 Å². The number of anilines is 1. The molecule has 1 aromatic carbocycles. The molecule has 0 saturated carbocycles. The summed E-state index contributed by atoms with van der Waals surface area (Å²) in [6.45, 7) is 0.548. The number of urea groups is 1. The molecule has 0 unspecified atom stereocenters. The third-order valence-corrected chi connectivity index (χ3v) is 1.63. The lowest BCUT2D eigenvalue weighted by molar-refractivity contribution is 0.259. The lowest BCUT2D eigenvalue weighted by Crippen LogP contribution is -2.19. The van der Waals surface area contributed by atoms with Gasteiger partial charge in [-0.2, -0.15) is 0 Å². The Morgan fingerprint density at radius 1 is 1.47 bits per heavy atom. The van der Waals surface area contributed by atoms with Crippen molar-refractivity contribution >= 4 is 11.7 Å². The van der Waals surface area contributed by atoms with Crippen LogP contribution in [0.2, 0.25) is 0 Å². The van der Waals surface area contributed by atoms with Crippen LogP contribution in [-0.4, -0.2) is 12.6 Å². The molecular formula is C11H13N3O. The van der Waals surface area contributed by atoms with Gasteiger partial charge in [-0.1, -0.05) is 17.9 Å². The number of hydrogen-bond acceptors (Lipinski definition) is 2. The Morgan fingerprint density at radius 2 is 2.27 bits per heavy atom. The van der Waals surface area contributed by atoms with Crippen LogP contribution >= 0.6 is 0 Å². The molecule has 0 heterocycles. The molecule has 4 nitrogen and oxygen atoms in total. The van der Waals surface area contributed by atoms with Gasteiger partial charge in [0.1, 0.15) is 0 Å². The van der Waals surface area contributed by atoms with Crippen LogP contribution in [0.5, 0.6) is 0 Å². The van der Waals surface area contributed by atoms with E-state index in [1.54, 1.807) is 18.2 Å². The SMILES string of the molecule is NCCC#Cc1cccc(NC(N)=O)c1. The van der Waals surface area contributed by atoms with Crippen LogP contribution in [0.1, 0.15) is 12.0 Å². The monoisotopic (exact) mass is 203 g/mol. The van der Waals surface area contributed by atoms with Crippen molar-refractivity contribution in [2.75, 3.05) is 11.9 Å². The molecule has 0 radical (unpaired) electrons. The lowest BCUT2D eigenvalue weighted by Gasteiger charge is -2.00. The van der Waals surface area contributed by atoms with E-state index in [-0.39, 0.29) is 0 Å². The molecule has 0 aromatic heterocycles. The van der Waals surface area contributed by atoms with Crippen molar-refractivity contribution in [1.82, 2.24) is 0 Å². The minimum atomic E-state index is -0.581. The summed E-state index contributed by atoms with van der Waals surface area (Å²) in [5.41, 5.74) is 11.8. The van der Waals surface area contributed by atoms with Crippen molar-refractivity contribution in [1.29, 1.82) is 0 Å². The second kappa shape index (κ2) is 5.68. The van der Waals surface area contributed by atoms with Crippen molar-refractivity contribution in [3.8, 4) is 11.8 Å². The average molecular weight is 203 g/mol. The molecule has 5 N–H and O–H groups in total. The molecule has 0 aliphatic carbocycles. The van der Waals surface area contributed by atoms with Crippen molar-refractivity contribution < 1.29 is 4.79 Å². The fourth-order valence-corrected chi connectivity index (χ4v) is 1.05. The van der Waals surface area contributed by atoms with Crippen LogP contribution in [0.15, 0.2) is 24.3 Å². The highest BCUT2D eigenvalue weighted by molar-refractivity contribution is 5.87. The fourth-order valence-electron chi connectivity index (χ4n) is 1.05. The summed E-state index contributed by atoms with van der Waals surface area (Å²) in [6.07, 6.45) is 0.660. The summed E-state index contributed by atoms with van der Waals surface area (Å²) in [7, 11) is 0. The highest BCUT2D eigenvalue weighted by Crippen LogP contribution is 2.09. The maximum absolute atomic E-state index is 10.6. The zero-order chi connectivity index (χ0) is 11.1. The van der Waals surface area contributed by atoms with Gasteiger partial charge in [0.15, 0.2) is 0 Å². The van der Waals surface area contributed by atoms with E-state index in [1.165, 1.54) is 0 Å². The van der Waals surface area contributed by atoms with Crippen LogP contribution < -0.4 is 16.8 Å². The number of nitrogens with two attached hydrogens (primary N) is 2. The number of primary amides is 1. The molecule has 78 valence electrons. The van der Waals surface area contributed by atoms with Gasteiger partial charge in [-0.25, -0.2) is 4.79 Å². The topological polar surface area (TPSA) is 81.1 Å². The standard InChI is InChI=1S/C11H13N3O/c12-7-2-1-4-9-5-3-6-10(8-9)14-11(13)15/h3,5-6,8H,2,7,12H2,(H3,13,14,15). The molecule has 0 bridgehead atoms. The summed E-state index contributed by atoms with van der Waals surface area (Å²) in [6, 6.07) is 6.59. The van der Waals surface area contributed by atoms with Gasteiger partial charge in [-0.3, -0.25) is 0 Å². The number of carbonyl (C=O) groups excluding carboxylic acids is 1. The first-order valence-electron chi connectivity index (χ1n) is 4.58. The number of hydrogen-bond donors (Lipinski definition) is 3. The highest BCUT2D eigenvalue weighted by atomic mass is 16.2. The maximum atomic E-state index is 10.6. The molecule has 1 rings (SSSR count). The first-order valence-corrected chi connectivity index (χ1v) is 4.58. The Morgan fingerprint density at radius 3 is 2.93 bits per heavy atom. The van der Waals surface area contributed by atoms with E-state index in [0.717, 1.165) is 5.56 Å². The maximum Gasteiger partial charge on any atom is 0.316 e. The van der Waals surface area contributed by atoms with E-state index in [0.29, 0.717) is 18.7 Å². The van der Waals surface area contributed by atoms with E-state index in [4.69, 9.17) is 11.5 Å². The fraction of sp³-hybridized carbons (Fsp3) is 0.182. The second-order valence-corrected chi connectivity index (χ2v) is 2.91. The number of amides is 2. The minimum absolute atomic E-state index is 0.548. The number of benzene rings is 1. The number of carbonyl (C=O) groups is 1. The molecule has 0 saturated heterocycles. The van der Waals surface area contributed by atoms with E-state index in [9.17, 15) is 4.79 Å². The van der Waals surface area contributed by atoms with Gasteiger partial charge in [0.05, 0.1) is 0 Å². The predicted octanol–water partition coefficient (Wildman–Crippen LogP) is 0.878. The Bertz CT molecular complexity index is 404. The molecule has 4 heteroatoms. The van der Waals surface area contributed by atoms with Crippen LogP contribution in [0, 0.1) is 11.8 Å². The first kappa shape index (κ1) is 11.1. The van der Waals surface area contributed by atoms with Crippen LogP contribution in [-0.2, 0) is 0 Å². The number of rotatable bonds is 2. The second-order valence-electron chi connectivity index (χ2n) is 2.91. The van der Waals surface area contributed by atoms with Crippen LogP contribution in [0.3, 0.4) is 0 Å². The quantitative estimate of drug-likeness (QED) is 0.623. The average Bonchev–Trinajstić information content (AvgIpc) is 2.18. The Balaban J connectivity index is 2.75. The third-order valence-electron chi connectivity index (χ3n) is 1.63. The lowest BCUT2D eigenvalue weighted by atomic mass is 10.2. The predicted molar refractivity (Wildman–Crippen MR) is 60.2 cm³/mol. The van der Waals surface area contributed by atoms with Crippen LogP contribution in [0.25, 0.3) is 0 Å². The molecular weight excluding hydrogens is 190 g/mol. The zero-order valence-corrected chi connectivity index (χ0v) is 8.29. The molecule has 0 fully saturated rings. The van der Waals surface area contributed by atoms with Gasteiger partial charge < -0.3 is 16.8 Å². The first-order chi connectivity index (χ1) is 7.22. The van der Waals surface area contributed by atoms with Gasteiger partial charge in [0.2, 0.25) is 0 Å². The van der Waals surface area contributed by atoms with Gasteiger partial charge in [0.25, 0.3) is 0 Å². The van der Waals surface area contributed by atoms with Gasteiger partial charge >= 0.3 is 6.03 Å². The normalized spacial score (nSPS) is 8.87. The summed E-state index contributed by atoms with van der Waals surface area (Å²) in [5, 5.41) is 2.48. The van der Waals surface area contributed by atoms with Gasteiger partial charge in [0, 0.05) is 24.2 Å². The van der Waals surface area contributed by atoms with Crippen molar-refractivity contribution in [2.45, 2.75) is 6.42 Å². The molecule has 2 amide bonds. The molecule has 0 atom stereocenters. The van der Waals surface area contributed by atoms with Gasteiger partial charge in [-0.15, -0.1) is 0 Å². The van der Waals surface area contributed by atoms with Crippen molar-refractivity contribution in [2.24, 2.45) is 11.5 Å². The van der Waals surface area contributed by atoms with E-state index in [1.807, 2.05) is 6.07 Å². The molecule has 0 aliphatic rings. The van der Waals surface area contributed by atoms with Crippen molar-refractivity contribution in [3.63, 3.8) is 0 Å². The van der Waals surface area contributed by atoms with Crippen LogP contribution in [0.4, 0.5) is 10.5 Å². The summed E-state index contributed by atoms with van der Waals surface area (Å²) >= 11 is 0. The van der Waals surface area contributed by atoms with E-state index >= 15 is 0 Å². The molecule has 1 aromatic rings. The van der Waals surface area contributed by atoms with Gasteiger partial charge in [-0.05, 0) is 18.2 Å². The molecule has 0 aliphatic heterocycles. The van der Waals surface area contributed by atoms with Crippen molar-refractivity contribution in [3.05, 3.63) is 29.8 Å². The molecule has 15 heavy (non-hydrogen) atoms. The van der Waals surface area contributed by atoms with E-state index in [2.05, 4.69) is 17.2 Å².